The van der Waals surface area contributed by atoms with E-state index in [1.807, 2.05) is 24.3 Å². The van der Waals surface area contributed by atoms with Crippen LogP contribution in [0.5, 0.6) is 0 Å². The number of aliphatic hydroxyl groups is 4. The van der Waals surface area contributed by atoms with Crippen LogP contribution in [0.3, 0.4) is 0 Å². The van der Waals surface area contributed by atoms with Crippen molar-refractivity contribution in [1.82, 2.24) is 9.97 Å². The topological polar surface area (TPSA) is 119 Å². The Balaban J connectivity index is 1.75. The zero-order valence-corrected chi connectivity index (χ0v) is 11.8. The number of para-hydroxylation sites is 2. The van der Waals surface area contributed by atoms with Crippen LogP contribution in [-0.2, 0) is 4.74 Å². The number of hydrogen-bond acceptors (Lipinski definition) is 7. The van der Waals surface area contributed by atoms with Crippen molar-refractivity contribution in [3.63, 3.8) is 0 Å². The SMILES string of the molecule is OC[C@@H](O)[C@H]1O[C@H](Sc2nc3ccccc3[nH]2)[C@@H](O)[C@H]1O. The smallest absolute Gasteiger partial charge is 0.168 e. The van der Waals surface area contributed by atoms with Gasteiger partial charge in [-0.05, 0) is 12.1 Å². The molecule has 21 heavy (non-hydrogen) atoms. The second-order valence-corrected chi connectivity index (χ2v) is 5.96. The van der Waals surface area contributed by atoms with Crippen LogP contribution in [-0.4, -0.2) is 66.9 Å². The number of aliphatic hydroxyl groups excluding tert-OH is 4. The lowest BCUT2D eigenvalue weighted by atomic mass is 10.1. The molecule has 7 nitrogen and oxygen atoms in total. The van der Waals surface area contributed by atoms with Gasteiger partial charge in [-0.2, -0.15) is 0 Å². The summed E-state index contributed by atoms with van der Waals surface area (Å²) in [6.45, 7) is -0.545. The zero-order valence-electron chi connectivity index (χ0n) is 11.0. The molecule has 1 aliphatic rings. The molecule has 114 valence electrons. The molecule has 8 heteroatoms. The lowest BCUT2D eigenvalue weighted by Crippen LogP contribution is -2.40. The minimum absolute atomic E-state index is 0.545. The number of nitrogens with zero attached hydrogens (tertiary/aromatic N) is 1. The minimum Gasteiger partial charge on any atom is -0.394 e. The first-order valence-corrected chi connectivity index (χ1v) is 7.40. The van der Waals surface area contributed by atoms with Crippen molar-refractivity contribution in [1.29, 1.82) is 0 Å². The van der Waals surface area contributed by atoms with E-state index in [9.17, 15) is 15.3 Å². The van der Waals surface area contributed by atoms with Crippen molar-refractivity contribution < 1.29 is 25.2 Å². The van der Waals surface area contributed by atoms with Crippen molar-refractivity contribution in [2.24, 2.45) is 0 Å². The second-order valence-electron chi connectivity index (χ2n) is 4.88. The summed E-state index contributed by atoms with van der Waals surface area (Å²) >= 11 is 1.13. The Hall–Kier alpha value is -1.16. The second kappa shape index (κ2) is 5.91. The van der Waals surface area contributed by atoms with Gasteiger partial charge in [0, 0.05) is 0 Å². The molecule has 5 N–H and O–H groups in total. The first-order valence-electron chi connectivity index (χ1n) is 6.52. The average Bonchev–Trinajstić information content (AvgIpc) is 3.02. The number of fused-ring (bicyclic) bond motifs is 1. The number of ether oxygens (including phenoxy) is 1. The van der Waals surface area contributed by atoms with E-state index in [1.54, 1.807) is 0 Å². The summed E-state index contributed by atoms with van der Waals surface area (Å²) in [5.41, 5.74) is 0.881. The molecular formula is C13H16N2O5S. The van der Waals surface area contributed by atoms with Gasteiger partial charge in [-0.3, -0.25) is 0 Å². The Kier molecular flexibility index (Phi) is 4.16. The van der Waals surface area contributed by atoms with Crippen molar-refractivity contribution in [3.8, 4) is 0 Å². The van der Waals surface area contributed by atoms with Crippen LogP contribution in [0.25, 0.3) is 11.0 Å². The number of aromatic amines is 1. The van der Waals surface area contributed by atoms with Crippen molar-refractivity contribution in [2.75, 3.05) is 6.61 Å². The third kappa shape index (κ3) is 2.78. The van der Waals surface area contributed by atoms with Crippen LogP contribution in [0, 0.1) is 0 Å². The number of benzene rings is 1. The molecule has 2 heterocycles. The normalized spacial score (nSPS) is 30.9. The van der Waals surface area contributed by atoms with Gasteiger partial charge in [0.15, 0.2) is 5.16 Å². The number of H-pyrrole nitrogens is 1. The van der Waals surface area contributed by atoms with Crippen molar-refractivity contribution in [2.45, 2.75) is 35.0 Å². The maximum absolute atomic E-state index is 9.98. The first kappa shape index (κ1) is 14.8. The average molecular weight is 312 g/mol. The van der Waals surface area contributed by atoms with Gasteiger partial charge in [0.2, 0.25) is 0 Å². The summed E-state index contributed by atoms with van der Waals surface area (Å²) < 4.78 is 5.43. The quantitative estimate of drug-likeness (QED) is 0.514. The van der Waals surface area contributed by atoms with Crippen LogP contribution in [0.15, 0.2) is 29.4 Å². The Morgan fingerprint density at radius 3 is 2.76 bits per heavy atom. The molecular weight excluding hydrogens is 296 g/mol. The molecule has 0 spiro atoms. The highest BCUT2D eigenvalue weighted by Crippen LogP contribution is 2.34. The predicted octanol–water partition coefficient (Wildman–Crippen LogP) is -0.545. The maximum atomic E-state index is 9.98. The number of nitrogens with one attached hydrogen (secondary N) is 1. The van der Waals surface area contributed by atoms with E-state index >= 15 is 0 Å². The van der Waals surface area contributed by atoms with Crippen LogP contribution in [0.1, 0.15) is 0 Å². The molecule has 1 aliphatic heterocycles. The molecule has 0 saturated carbocycles. The fraction of sp³-hybridized carbons (Fsp3) is 0.462. The summed E-state index contributed by atoms with van der Waals surface area (Å²) in [6.07, 6.45) is -4.69. The Labute approximate surface area is 124 Å². The molecule has 3 rings (SSSR count). The fourth-order valence-electron chi connectivity index (χ4n) is 2.29. The summed E-state index contributed by atoms with van der Waals surface area (Å²) in [5.74, 6) is 0. The van der Waals surface area contributed by atoms with Gasteiger partial charge in [0.1, 0.15) is 29.9 Å². The van der Waals surface area contributed by atoms with Gasteiger partial charge in [0.25, 0.3) is 0 Å². The van der Waals surface area contributed by atoms with Crippen molar-refractivity contribution in [3.05, 3.63) is 24.3 Å². The summed E-state index contributed by atoms with van der Waals surface area (Å²) in [5, 5.41) is 38.9. The monoisotopic (exact) mass is 312 g/mol. The van der Waals surface area contributed by atoms with Crippen molar-refractivity contribution >= 4 is 22.8 Å². The molecule has 0 radical (unpaired) electrons. The molecule has 1 saturated heterocycles. The number of hydrogen-bond donors (Lipinski definition) is 5. The van der Waals surface area contributed by atoms with E-state index in [2.05, 4.69) is 9.97 Å². The standard InChI is InChI=1S/C13H16N2O5S/c16-5-8(17)11-9(18)10(19)12(20-11)21-13-14-6-3-1-2-4-7(6)15-13/h1-4,8-12,16-19H,5H2,(H,14,15)/t8-,9-,10+,11-,12-/m1/s1. The summed E-state index contributed by atoms with van der Waals surface area (Å²) in [7, 11) is 0. The lowest BCUT2D eigenvalue weighted by molar-refractivity contribution is -0.0713. The molecule has 5 atom stereocenters. The third-order valence-corrected chi connectivity index (χ3v) is 4.46. The largest absolute Gasteiger partial charge is 0.394 e. The highest BCUT2D eigenvalue weighted by atomic mass is 32.2. The molecule has 0 aliphatic carbocycles. The zero-order chi connectivity index (χ0) is 15.0. The van der Waals surface area contributed by atoms with Gasteiger partial charge in [-0.15, -0.1) is 0 Å². The van der Waals surface area contributed by atoms with Crippen LogP contribution < -0.4 is 0 Å². The molecule has 1 fully saturated rings. The summed E-state index contributed by atoms with van der Waals surface area (Å²) in [4.78, 5) is 7.43. The minimum atomic E-state index is -1.26. The summed E-state index contributed by atoms with van der Waals surface area (Å²) in [6, 6.07) is 7.49. The van der Waals surface area contributed by atoms with E-state index in [4.69, 9.17) is 9.84 Å². The maximum Gasteiger partial charge on any atom is 0.168 e. The highest BCUT2D eigenvalue weighted by Gasteiger charge is 2.46. The molecule has 0 amide bonds. The van der Waals surface area contributed by atoms with E-state index in [-0.39, 0.29) is 0 Å². The number of aromatic nitrogens is 2. The van der Waals surface area contributed by atoms with E-state index in [0.717, 1.165) is 22.8 Å². The number of imidazole rings is 1. The highest BCUT2D eigenvalue weighted by molar-refractivity contribution is 7.99. The molecule has 2 aromatic rings. The third-order valence-electron chi connectivity index (χ3n) is 3.42. The van der Waals surface area contributed by atoms with Gasteiger partial charge < -0.3 is 30.1 Å². The molecule has 1 aromatic carbocycles. The first-order chi connectivity index (χ1) is 10.1. The number of thioether (sulfide) groups is 1. The van der Waals surface area contributed by atoms with Gasteiger partial charge in [-0.1, -0.05) is 23.9 Å². The fourth-order valence-corrected chi connectivity index (χ4v) is 3.31. The van der Waals surface area contributed by atoms with Gasteiger partial charge in [0.05, 0.1) is 17.6 Å². The van der Waals surface area contributed by atoms with E-state index in [0.29, 0.717) is 5.16 Å². The molecule has 0 bridgehead atoms. The Bertz CT molecular complexity index is 588. The lowest BCUT2D eigenvalue weighted by Gasteiger charge is -2.18. The Morgan fingerprint density at radius 1 is 1.29 bits per heavy atom. The Morgan fingerprint density at radius 2 is 2.05 bits per heavy atom. The molecule has 1 aromatic heterocycles. The van der Waals surface area contributed by atoms with Crippen LogP contribution in [0.4, 0.5) is 0 Å². The molecule has 0 unspecified atom stereocenters. The van der Waals surface area contributed by atoms with Gasteiger partial charge in [-0.25, -0.2) is 4.98 Å². The van der Waals surface area contributed by atoms with Gasteiger partial charge >= 0.3 is 0 Å². The van der Waals surface area contributed by atoms with E-state index < -0.39 is 36.5 Å². The van der Waals surface area contributed by atoms with Crippen LogP contribution in [0.2, 0.25) is 0 Å². The number of rotatable bonds is 4. The predicted molar refractivity (Wildman–Crippen MR) is 75.7 cm³/mol. The van der Waals surface area contributed by atoms with Crippen LogP contribution >= 0.6 is 11.8 Å². The van der Waals surface area contributed by atoms with E-state index in [1.165, 1.54) is 0 Å².